The van der Waals surface area contributed by atoms with E-state index < -0.39 is 0 Å². The summed E-state index contributed by atoms with van der Waals surface area (Å²) in [5, 5.41) is 13.7. The number of fused-ring (bicyclic) bond motifs is 1. The molecule has 2 saturated heterocycles. The fraction of sp³-hybridized carbons (Fsp3) is 0.297. The van der Waals surface area contributed by atoms with Gasteiger partial charge in [-0.25, -0.2) is 9.97 Å². The highest BCUT2D eigenvalue weighted by Gasteiger charge is 2.22. The average Bonchev–Trinajstić information content (AvgIpc) is 3.84. The fourth-order valence-corrected chi connectivity index (χ4v) is 7.11. The van der Waals surface area contributed by atoms with E-state index >= 15 is 0 Å². The van der Waals surface area contributed by atoms with Gasteiger partial charge in [-0.1, -0.05) is 71.7 Å². The standard InChI is InChI=1S/C37H36Cl2N6O4/c1-48-37-22(17-40-18-23-10-14-32(46)42-23)8-12-29(45-37)28-7-3-6-27(36(28)39)26-5-2-4-25(35(26)38)21-9-13-31-30(16-21)44-34(49-31)20-41-19-24-11-15-33(47)43-24/h2-9,12-13,16,23-24,40-41H,10-11,14-15,17-20H2,1H3,(H,42,46)(H,43,47)/t23-,24+/m0/s1. The Kier molecular flexibility index (Phi) is 9.81. The van der Waals surface area contributed by atoms with Crippen molar-refractivity contribution in [1.29, 1.82) is 0 Å². The topological polar surface area (TPSA) is 130 Å². The zero-order valence-electron chi connectivity index (χ0n) is 26.9. The number of benzene rings is 3. The molecule has 2 aromatic heterocycles. The second-order valence-electron chi connectivity index (χ2n) is 12.4. The van der Waals surface area contributed by atoms with Gasteiger partial charge in [0.1, 0.15) is 5.52 Å². The first-order valence-electron chi connectivity index (χ1n) is 16.4. The first-order valence-corrected chi connectivity index (χ1v) is 17.1. The van der Waals surface area contributed by atoms with Crippen LogP contribution >= 0.6 is 23.2 Å². The second kappa shape index (κ2) is 14.6. The van der Waals surface area contributed by atoms with E-state index in [4.69, 9.17) is 37.3 Å². The normalized spacial score (nSPS) is 17.4. The molecule has 7 rings (SSSR count). The van der Waals surface area contributed by atoms with Crippen molar-refractivity contribution in [1.82, 2.24) is 31.2 Å². The highest BCUT2D eigenvalue weighted by atomic mass is 35.5. The Hall–Kier alpha value is -4.48. The summed E-state index contributed by atoms with van der Waals surface area (Å²) < 4.78 is 11.6. The molecule has 2 atom stereocenters. The van der Waals surface area contributed by atoms with Crippen LogP contribution in [0.5, 0.6) is 5.88 Å². The number of ether oxygens (including phenoxy) is 1. The van der Waals surface area contributed by atoms with Gasteiger partial charge in [-0.15, -0.1) is 0 Å². The first kappa shape index (κ1) is 33.0. The molecule has 0 spiro atoms. The van der Waals surface area contributed by atoms with E-state index in [1.807, 2.05) is 66.7 Å². The van der Waals surface area contributed by atoms with Crippen LogP contribution in [0.15, 0.2) is 71.1 Å². The molecule has 252 valence electrons. The van der Waals surface area contributed by atoms with Crippen molar-refractivity contribution >= 4 is 46.1 Å². The van der Waals surface area contributed by atoms with Crippen molar-refractivity contribution in [2.24, 2.45) is 0 Å². The summed E-state index contributed by atoms with van der Waals surface area (Å²) in [4.78, 5) is 32.4. The number of nitrogens with one attached hydrogen (secondary N) is 4. The fourth-order valence-electron chi connectivity index (χ4n) is 6.44. The van der Waals surface area contributed by atoms with E-state index in [1.165, 1.54) is 0 Å². The Morgan fingerprint density at radius 2 is 1.43 bits per heavy atom. The van der Waals surface area contributed by atoms with E-state index in [1.54, 1.807) is 7.11 Å². The van der Waals surface area contributed by atoms with Gasteiger partial charge in [-0.2, -0.15) is 0 Å². The monoisotopic (exact) mass is 698 g/mol. The predicted molar refractivity (Wildman–Crippen MR) is 190 cm³/mol. The number of aromatic nitrogens is 2. The molecule has 10 nitrogen and oxygen atoms in total. The number of rotatable bonds is 12. The number of amides is 2. The lowest BCUT2D eigenvalue weighted by Gasteiger charge is -2.15. The Morgan fingerprint density at radius 3 is 2.08 bits per heavy atom. The number of carbonyl (C=O) groups is 2. The van der Waals surface area contributed by atoms with Crippen LogP contribution in [-0.2, 0) is 22.7 Å². The molecule has 4 N–H and O–H groups in total. The third-order valence-electron chi connectivity index (χ3n) is 8.98. The molecular weight excluding hydrogens is 663 g/mol. The number of hydrogen-bond acceptors (Lipinski definition) is 8. The Bertz CT molecular complexity index is 2030. The van der Waals surface area contributed by atoms with Crippen molar-refractivity contribution in [2.75, 3.05) is 20.2 Å². The molecular formula is C37H36Cl2N6O4. The molecule has 0 bridgehead atoms. The molecule has 0 saturated carbocycles. The maximum Gasteiger partial charge on any atom is 0.220 e. The minimum absolute atomic E-state index is 0.0972. The van der Waals surface area contributed by atoms with Crippen molar-refractivity contribution in [3.63, 3.8) is 0 Å². The molecule has 0 radical (unpaired) electrons. The van der Waals surface area contributed by atoms with Crippen LogP contribution in [-0.4, -0.2) is 54.1 Å². The van der Waals surface area contributed by atoms with Crippen LogP contribution in [0.4, 0.5) is 0 Å². The SMILES string of the molecule is COc1nc(-c2cccc(-c3cccc(-c4ccc5oc(CNC[C@H]6CCC(=O)N6)nc5c4)c3Cl)c2Cl)ccc1CNC[C@@H]1CCC(=O)N1. The summed E-state index contributed by atoms with van der Waals surface area (Å²) in [5.41, 5.74) is 7.08. The van der Waals surface area contributed by atoms with E-state index in [9.17, 15) is 9.59 Å². The van der Waals surface area contributed by atoms with Gasteiger partial charge in [-0.3, -0.25) is 9.59 Å². The second-order valence-corrected chi connectivity index (χ2v) is 13.1. The number of halogens is 2. The van der Waals surface area contributed by atoms with Gasteiger partial charge in [0.25, 0.3) is 0 Å². The molecule has 0 unspecified atom stereocenters. The van der Waals surface area contributed by atoms with E-state index in [0.29, 0.717) is 72.1 Å². The summed E-state index contributed by atoms with van der Waals surface area (Å²) in [6.07, 6.45) is 2.81. The number of carbonyl (C=O) groups excluding carboxylic acids is 2. The minimum Gasteiger partial charge on any atom is -0.481 e. The Labute approximate surface area is 293 Å². The van der Waals surface area contributed by atoms with Crippen LogP contribution in [0.2, 0.25) is 10.0 Å². The largest absolute Gasteiger partial charge is 0.481 e. The molecule has 2 amide bonds. The van der Waals surface area contributed by atoms with Crippen molar-refractivity contribution < 1.29 is 18.7 Å². The molecule has 0 aliphatic carbocycles. The molecule has 5 aromatic rings. The first-order chi connectivity index (χ1) is 23.9. The third kappa shape index (κ3) is 7.28. The molecule has 49 heavy (non-hydrogen) atoms. The highest BCUT2D eigenvalue weighted by Crippen LogP contribution is 2.42. The van der Waals surface area contributed by atoms with Gasteiger partial charge >= 0.3 is 0 Å². The van der Waals surface area contributed by atoms with E-state index in [0.717, 1.165) is 51.7 Å². The van der Waals surface area contributed by atoms with E-state index in [2.05, 4.69) is 26.3 Å². The van der Waals surface area contributed by atoms with Gasteiger partial charge in [0.15, 0.2) is 5.58 Å². The maximum atomic E-state index is 11.5. The summed E-state index contributed by atoms with van der Waals surface area (Å²) in [6.45, 7) is 2.36. The van der Waals surface area contributed by atoms with Crippen molar-refractivity contribution in [3.8, 4) is 39.4 Å². The third-order valence-corrected chi connectivity index (χ3v) is 9.80. The summed E-state index contributed by atoms with van der Waals surface area (Å²) in [6, 6.07) is 21.8. The van der Waals surface area contributed by atoms with Gasteiger partial charge in [-0.05, 0) is 36.6 Å². The molecule has 4 heterocycles. The average molecular weight is 700 g/mol. The Balaban J connectivity index is 1.09. The number of oxazole rings is 1. The van der Waals surface area contributed by atoms with Gasteiger partial charge in [0.2, 0.25) is 23.6 Å². The summed E-state index contributed by atoms with van der Waals surface area (Å²) in [7, 11) is 1.60. The Morgan fingerprint density at radius 1 is 0.796 bits per heavy atom. The summed E-state index contributed by atoms with van der Waals surface area (Å²) in [5.74, 6) is 1.28. The van der Waals surface area contributed by atoms with E-state index in [-0.39, 0.29) is 23.9 Å². The molecule has 2 aliphatic heterocycles. The zero-order chi connectivity index (χ0) is 33.9. The smallest absolute Gasteiger partial charge is 0.220 e. The van der Waals surface area contributed by atoms with Crippen LogP contribution in [0.25, 0.3) is 44.6 Å². The van der Waals surface area contributed by atoms with Crippen molar-refractivity contribution in [3.05, 3.63) is 88.2 Å². The van der Waals surface area contributed by atoms with Crippen LogP contribution < -0.4 is 26.0 Å². The predicted octanol–water partition coefficient (Wildman–Crippen LogP) is 6.28. The number of methoxy groups -OCH3 is 1. The molecule has 12 heteroatoms. The zero-order valence-corrected chi connectivity index (χ0v) is 28.5. The van der Waals surface area contributed by atoms with Gasteiger partial charge in [0.05, 0.1) is 29.4 Å². The number of nitrogens with zero attached hydrogens (tertiary/aromatic N) is 2. The van der Waals surface area contributed by atoms with Gasteiger partial charge < -0.3 is 30.4 Å². The van der Waals surface area contributed by atoms with Crippen LogP contribution in [0, 0.1) is 0 Å². The van der Waals surface area contributed by atoms with Gasteiger partial charge in [0, 0.05) is 72.4 Å². The number of pyridine rings is 1. The highest BCUT2D eigenvalue weighted by molar-refractivity contribution is 6.39. The maximum absolute atomic E-state index is 11.5. The quantitative estimate of drug-likeness (QED) is 0.120. The molecule has 2 fully saturated rings. The lowest BCUT2D eigenvalue weighted by molar-refractivity contribution is -0.120. The molecule has 3 aromatic carbocycles. The van der Waals surface area contributed by atoms with Crippen LogP contribution in [0.3, 0.4) is 0 Å². The van der Waals surface area contributed by atoms with Crippen molar-refractivity contribution in [2.45, 2.75) is 50.9 Å². The lowest BCUT2D eigenvalue weighted by Crippen LogP contribution is -2.35. The minimum atomic E-state index is 0.0972. The molecule has 2 aliphatic rings. The summed E-state index contributed by atoms with van der Waals surface area (Å²) >= 11 is 14.2. The lowest BCUT2D eigenvalue weighted by atomic mass is 9.96. The number of hydrogen-bond donors (Lipinski definition) is 4. The van der Waals surface area contributed by atoms with Crippen LogP contribution in [0.1, 0.15) is 37.1 Å².